The van der Waals surface area contributed by atoms with Gasteiger partial charge in [-0.15, -0.1) is 0 Å². The molecule has 0 aliphatic carbocycles. The highest BCUT2D eigenvalue weighted by Crippen LogP contribution is 2.15. The quantitative estimate of drug-likeness (QED) is 0.538. The molecule has 0 bridgehead atoms. The molecule has 1 rings (SSSR count). The molecular weight excluding hydrogens is 272 g/mol. The summed E-state index contributed by atoms with van der Waals surface area (Å²) in [4.78, 5) is 14.0. The zero-order valence-corrected chi connectivity index (χ0v) is 15.0. The SMILES string of the molecule is CCCCCCCCCCCCN(C(C)=O)C1CCNCC1. The lowest BCUT2D eigenvalue weighted by Crippen LogP contribution is -2.45. The lowest BCUT2D eigenvalue weighted by atomic mass is 10.0. The average Bonchev–Trinajstić information content (AvgIpc) is 2.53. The standard InChI is InChI=1S/C19H38N2O/c1-3-4-5-6-7-8-9-10-11-12-17-21(18(2)22)19-13-15-20-16-14-19/h19-20H,3-17H2,1-2H3. The van der Waals surface area contributed by atoms with Crippen LogP contribution in [0.2, 0.25) is 0 Å². The van der Waals surface area contributed by atoms with Crippen molar-refractivity contribution in [3.05, 3.63) is 0 Å². The first-order valence-electron chi connectivity index (χ1n) is 9.73. The second-order valence-electron chi connectivity index (χ2n) is 6.88. The van der Waals surface area contributed by atoms with Crippen LogP contribution >= 0.6 is 0 Å². The predicted octanol–water partition coefficient (Wildman–Crippen LogP) is 4.51. The largest absolute Gasteiger partial charge is 0.340 e. The van der Waals surface area contributed by atoms with Crippen LogP contribution in [0.4, 0.5) is 0 Å². The van der Waals surface area contributed by atoms with E-state index < -0.39 is 0 Å². The molecule has 0 spiro atoms. The van der Waals surface area contributed by atoms with E-state index in [1.165, 1.54) is 64.2 Å². The number of amides is 1. The molecule has 1 amide bonds. The van der Waals surface area contributed by atoms with Gasteiger partial charge < -0.3 is 10.2 Å². The minimum absolute atomic E-state index is 0.267. The van der Waals surface area contributed by atoms with Crippen molar-refractivity contribution in [2.75, 3.05) is 19.6 Å². The van der Waals surface area contributed by atoms with Crippen molar-refractivity contribution < 1.29 is 4.79 Å². The maximum Gasteiger partial charge on any atom is 0.219 e. The van der Waals surface area contributed by atoms with Crippen molar-refractivity contribution in [3.63, 3.8) is 0 Å². The molecule has 0 aromatic heterocycles. The van der Waals surface area contributed by atoms with Gasteiger partial charge in [0.15, 0.2) is 0 Å². The number of hydrogen-bond donors (Lipinski definition) is 1. The summed E-state index contributed by atoms with van der Waals surface area (Å²) in [7, 11) is 0. The number of unbranched alkanes of at least 4 members (excludes halogenated alkanes) is 9. The maximum atomic E-state index is 11.8. The van der Waals surface area contributed by atoms with Crippen molar-refractivity contribution in [1.29, 1.82) is 0 Å². The van der Waals surface area contributed by atoms with Crippen LogP contribution in [0.25, 0.3) is 0 Å². The van der Waals surface area contributed by atoms with Crippen LogP contribution in [0.15, 0.2) is 0 Å². The molecule has 0 saturated carbocycles. The number of rotatable bonds is 12. The van der Waals surface area contributed by atoms with E-state index in [1.807, 2.05) is 0 Å². The van der Waals surface area contributed by atoms with Gasteiger partial charge >= 0.3 is 0 Å². The van der Waals surface area contributed by atoms with E-state index in [1.54, 1.807) is 6.92 Å². The van der Waals surface area contributed by atoms with Gasteiger partial charge in [0.1, 0.15) is 0 Å². The van der Waals surface area contributed by atoms with Crippen molar-refractivity contribution >= 4 is 5.91 Å². The van der Waals surface area contributed by atoms with Gasteiger partial charge in [-0.3, -0.25) is 4.79 Å². The Kier molecular flexibility index (Phi) is 11.4. The minimum atomic E-state index is 0.267. The fourth-order valence-electron chi connectivity index (χ4n) is 3.49. The van der Waals surface area contributed by atoms with E-state index >= 15 is 0 Å². The molecule has 0 radical (unpaired) electrons. The smallest absolute Gasteiger partial charge is 0.219 e. The van der Waals surface area contributed by atoms with Gasteiger partial charge in [-0.05, 0) is 32.4 Å². The molecular formula is C19H38N2O. The Bertz CT molecular complexity index is 275. The van der Waals surface area contributed by atoms with E-state index in [9.17, 15) is 4.79 Å². The summed E-state index contributed by atoms with van der Waals surface area (Å²) in [6.07, 6.45) is 15.8. The molecule has 0 atom stereocenters. The second kappa shape index (κ2) is 12.9. The van der Waals surface area contributed by atoms with Gasteiger partial charge in [-0.25, -0.2) is 0 Å². The van der Waals surface area contributed by atoms with Crippen LogP contribution in [-0.2, 0) is 4.79 Å². The zero-order chi connectivity index (χ0) is 16.0. The van der Waals surface area contributed by atoms with Crippen molar-refractivity contribution in [2.45, 2.75) is 96.9 Å². The van der Waals surface area contributed by atoms with Gasteiger partial charge in [0.2, 0.25) is 5.91 Å². The highest BCUT2D eigenvalue weighted by atomic mass is 16.2. The van der Waals surface area contributed by atoms with E-state index in [0.717, 1.165) is 32.5 Å². The van der Waals surface area contributed by atoms with E-state index in [4.69, 9.17) is 0 Å². The highest BCUT2D eigenvalue weighted by molar-refractivity contribution is 5.73. The number of piperidine rings is 1. The first-order chi connectivity index (χ1) is 10.8. The van der Waals surface area contributed by atoms with E-state index in [0.29, 0.717) is 6.04 Å². The van der Waals surface area contributed by atoms with E-state index in [2.05, 4.69) is 17.1 Å². The fourth-order valence-corrected chi connectivity index (χ4v) is 3.49. The number of nitrogens with zero attached hydrogens (tertiary/aromatic N) is 1. The first-order valence-corrected chi connectivity index (χ1v) is 9.73. The monoisotopic (exact) mass is 310 g/mol. The Morgan fingerprint density at radius 2 is 1.41 bits per heavy atom. The van der Waals surface area contributed by atoms with Crippen LogP contribution in [0.3, 0.4) is 0 Å². The van der Waals surface area contributed by atoms with Crippen molar-refractivity contribution in [1.82, 2.24) is 10.2 Å². The molecule has 3 heteroatoms. The average molecular weight is 311 g/mol. The van der Waals surface area contributed by atoms with Gasteiger partial charge in [-0.2, -0.15) is 0 Å². The molecule has 1 N–H and O–H groups in total. The molecule has 130 valence electrons. The summed E-state index contributed by atoms with van der Waals surface area (Å²) in [6.45, 7) is 7.10. The molecule has 22 heavy (non-hydrogen) atoms. The van der Waals surface area contributed by atoms with E-state index in [-0.39, 0.29) is 5.91 Å². The zero-order valence-electron chi connectivity index (χ0n) is 15.0. The predicted molar refractivity (Wildman–Crippen MR) is 95.1 cm³/mol. The molecule has 3 nitrogen and oxygen atoms in total. The number of carbonyl (C=O) groups is 1. The molecule has 0 aromatic carbocycles. The van der Waals surface area contributed by atoms with Crippen LogP contribution in [0.5, 0.6) is 0 Å². The second-order valence-corrected chi connectivity index (χ2v) is 6.88. The third-order valence-electron chi connectivity index (χ3n) is 4.91. The first kappa shape index (κ1) is 19.5. The maximum absolute atomic E-state index is 11.8. The molecule has 0 aromatic rings. The molecule has 1 aliphatic rings. The van der Waals surface area contributed by atoms with Crippen LogP contribution in [-0.4, -0.2) is 36.5 Å². The Morgan fingerprint density at radius 3 is 1.91 bits per heavy atom. The summed E-state index contributed by atoms with van der Waals surface area (Å²) in [5, 5.41) is 3.38. The normalized spacial score (nSPS) is 15.9. The lowest BCUT2D eigenvalue weighted by Gasteiger charge is -2.34. The summed E-state index contributed by atoms with van der Waals surface area (Å²) in [6, 6.07) is 0.484. The molecule has 0 unspecified atom stereocenters. The van der Waals surface area contributed by atoms with Crippen LogP contribution in [0.1, 0.15) is 90.9 Å². The number of nitrogens with one attached hydrogen (secondary N) is 1. The minimum Gasteiger partial charge on any atom is -0.340 e. The third kappa shape index (κ3) is 8.77. The summed E-state index contributed by atoms with van der Waals surface area (Å²) < 4.78 is 0. The molecule has 1 fully saturated rings. The Labute approximate surface area is 138 Å². The molecule has 1 aliphatic heterocycles. The van der Waals surface area contributed by atoms with Crippen molar-refractivity contribution in [3.8, 4) is 0 Å². The van der Waals surface area contributed by atoms with Gasteiger partial charge in [0.05, 0.1) is 0 Å². The third-order valence-corrected chi connectivity index (χ3v) is 4.91. The van der Waals surface area contributed by atoms with Crippen molar-refractivity contribution in [2.24, 2.45) is 0 Å². The lowest BCUT2D eigenvalue weighted by molar-refractivity contribution is -0.131. The molecule has 1 saturated heterocycles. The Morgan fingerprint density at radius 1 is 0.909 bits per heavy atom. The van der Waals surface area contributed by atoms with Gasteiger partial charge in [0, 0.05) is 19.5 Å². The topological polar surface area (TPSA) is 32.3 Å². The molecule has 1 heterocycles. The summed E-state index contributed by atoms with van der Waals surface area (Å²) in [5.41, 5.74) is 0. The fraction of sp³-hybridized carbons (Fsp3) is 0.947. The van der Waals surface area contributed by atoms with Crippen LogP contribution < -0.4 is 5.32 Å². The van der Waals surface area contributed by atoms with Crippen LogP contribution in [0, 0.1) is 0 Å². The highest BCUT2D eigenvalue weighted by Gasteiger charge is 2.22. The summed E-state index contributed by atoms with van der Waals surface area (Å²) >= 11 is 0. The number of hydrogen-bond acceptors (Lipinski definition) is 2. The Hall–Kier alpha value is -0.570. The number of carbonyl (C=O) groups excluding carboxylic acids is 1. The van der Waals surface area contributed by atoms with Gasteiger partial charge in [-0.1, -0.05) is 64.7 Å². The Balaban J connectivity index is 2.00. The van der Waals surface area contributed by atoms with Gasteiger partial charge in [0.25, 0.3) is 0 Å². The summed E-state index contributed by atoms with van der Waals surface area (Å²) in [5.74, 6) is 0.267.